The molecule has 1 unspecified atom stereocenters. The molecule has 1 aromatic rings. The van der Waals surface area contributed by atoms with Gasteiger partial charge < -0.3 is 15.1 Å². The summed E-state index contributed by atoms with van der Waals surface area (Å²) in [6, 6.07) is 5.91. The van der Waals surface area contributed by atoms with Crippen LogP contribution in [0.1, 0.15) is 127 Å². The lowest BCUT2D eigenvalue weighted by atomic mass is 9.50. The third-order valence-corrected chi connectivity index (χ3v) is 12.6. The average molecular weight is 646 g/mol. The van der Waals surface area contributed by atoms with E-state index >= 15 is 4.39 Å². The van der Waals surface area contributed by atoms with E-state index in [1.807, 2.05) is 19.1 Å². The molecule has 1 heterocycles. The van der Waals surface area contributed by atoms with Crippen LogP contribution in [0.4, 0.5) is 26.3 Å². The van der Waals surface area contributed by atoms with Gasteiger partial charge in [-0.15, -0.1) is 0 Å². The molecule has 256 valence electrons. The molecule has 3 fully saturated rings. The Kier molecular flexibility index (Phi) is 10.5. The van der Waals surface area contributed by atoms with Gasteiger partial charge in [0.05, 0.1) is 5.60 Å². The lowest BCUT2D eigenvalue weighted by Crippen LogP contribution is -2.54. The van der Waals surface area contributed by atoms with Gasteiger partial charge in [-0.05, 0) is 125 Å². The molecule has 0 aromatic heterocycles. The second kappa shape index (κ2) is 13.6. The van der Waals surface area contributed by atoms with Crippen LogP contribution in [0.3, 0.4) is 0 Å². The Morgan fingerprint density at radius 1 is 0.933 bits per heavy atom. The van der Waals surface area contributed by atoms with E-state index in [0.29, 0.717) is 37.6 Å². The number of benzene rings is 1. The van der Waals surface area contributed by atoms with Crippen molar-refractivity contribution in [1.82, 2.24) is 4.90 Å². The summed E-state index contributed by atoms with van der Waals surface area (Å²) in [5.41, 5.74) is 0.834. The van der Waals surface area contributed by atoms with Crippen LogP contribution in [0.15, 0.2) is 18.2 Å². The van der Waals surface area contributed by atoms with Crippen molar-refractivity contribution in [3.05, 3.63) is 29.3 Å². The highest BCUT2D eigenvalue weighted by Crippen LogP contribution is 2.66. The van der Waals surface area contributed by atoms with Crippen LogP contribution in [-0.4, -0.2) is 58.1 Å². The van der Waals surface area contributed by atoms with Gasteiger partial charge in [0.25, 0.3) is 0 Å². The van der Waals surface area contributed by atoms with Crippen molar-refractivity contribution in [2.24, 2.45) is 23.2 Å². The Morgan fingerprint density at radius 3 is 2.40 bits per heavy atom. The summed E-state index contributed by atoms with van der Waals surface area (Å²) in [4.78, 5) is 2.52. The van der Waals surface area contributed by atoms with Gasteiger partial charge in [-0.1, -0.05) is 45.1 Å². The minimum absolute atomic E-state index is 0.110. The molecule has 45 heavy (non-hydrogen) atoms. The fraction of sp³-hybridized carbons (Fsp3) is 0.833. The van der Waals surface area contributed by atoms with Crippen LogP contribution >= 0.6 is 0 Å². The number of phenols is 1. The smallest absolute Gasteiger partial charge is 0.453 e. The first-order valence-corrected chi connectivity index (χ1v) is 17.5. The largest absolute Gasteiger partial charge is 0.508 e. The van der Waals surface area contributed by atoms with Crippen LogP contribution in [0.5, 0.6) is 5.75 Å². The number of hydrogen-bond donors (Lipinski definition) is 2. The summed E-state index contributed by atoms with van der Waals surface area (Å²) < 4.78 is 79.4. The van der Waals surface area contributed by atoms with Gasteiger partial charge >= 0.3 is 12.1 Å². The van der Waals surface area contributed by atoms with Gasteiger partial charge in [-0.25, -0.2) is 4.39 Å². The van der Waals surface area contributed by atoms with Gasteiger partial charge in [0.2, 0.25) is 0 Å². The summed E-state index contributed by atoms with van der Waals surface area (Å²) in [6.45, 7) is 6.06. The number of nitrogens with zero attached hydrogens (tertiary/aromatic N) is 1. The lowest BCUT2D eigenvalue weighted by molar-refractivity contribution is -0.284. The molecule has 9 heteroatoms. The predicted molar refractivity (Wildman–Crippen MR) is 164 cm³/mol. The summed E-state index contributed by atoms with van der Waals surface area (Å²) >= 11 is 0. The fourth-order valence-electron chi connectivity index (χ4n) is 9.92. The van der Waals surface area contributed by atoms with E-state index in [4.69, 9.17) is 0 Å². The zero-order chi connectivity index (χ0) is 32.6. The molecule has 8 atom stereocenters. The second-order valence-electron chi connectivity index (χ2n) is 15.3. The normalized spacial score (nSPS) is 35.3. The number of phenolic OH excluding ortho intramolecular Hbond substituents is 1. The van der Waals surface area contributed by atoms with E-state index in [9.17, 15) is 32.2 Å². The van der Waals surface area contributed by atoms with Gasteiger partial charge in [0.15, 0.2) is 0 Å². The first kappa shape index (κ1) is 34.8. The predicted octanol–water partition coefficient (Wildman–Crippen LogP) is 9.74. The highest BCUT2D eigenvalue weighted by molar-refractivity contribution is 5.41. The summed E-state index contributed by atoms with van der Waals surface area (Å²) in [5, 5.41) is 21.5. The highest BCUT2D eigenvalue weighted by atomic mass is 19.4. The molecule has 1 aliphatic heterocycles. The third kappa shape index (κ3) is 7.19. The van der Waals surface area contributed by atoms with E-state index in [1.54, 1.807) is 6.07 Å². The van der Waals surface area contributed by atoms with Crippen molar-refractivity contribution in [1.29, 1.82) is 0 Å². The molecule has 4 aliphatic rings. The van der Waals surface area contributed by atoms with E-state index in [0.717, 1.165) is 88.4 Å². The molecule has 3 nitrogen and oxygen atoms in total. The number of rotatable bonds is 13. The Hall–Kier alpha value is -1.48. The number of aliphatic hydroxyl groups is 1. The molecule has 2 N–H and O–H groups in total. The minimum Gasteiger partial charge on any atom is -0.508 e. The molecule has 0 radical (unpaired) electrons. The first-order valence-electron chi connectivity index (χ1n) is 17.5. The summed E-state index contributed by atoms with van der Waals surface area (Å²) in [6.07, 6.45) is 4.49. The Labute approximate surface area is 265 Å². The van der Waals surface area contributed by atoms with Crippen molar-refractivity contribution in [2.45, 2.75) is 152 Å². The summed E-state index contributed by atoms with van der Waals surface area (Å²) in [7, 11) is 0. The van der Waals surface area contributed by atoms with Crippen molar-refractivity contribution < 1.29 is 36.6 Å². The number of aromatic hydroxyl groups is 1. The highest BCUT2D eigenvalue weighted by Gasteiger charge is 2.63. The van der Waals surface area contributed by atoms with Gasteiger partial charge in [0, 0.05) is 23.8 Å². The molecule has 1 aromatic carbocycles. The van der Waals surface area contributed by atoms with Crippen molar-refractivity contribution in [2.75, 3.05) is 13.1 Å². The van der Waals surface area contributed by atoms with E-state index in [-0.39, 0.29) is 29.9 Å². The molecule has 0 amide bonds. The quantitative estimate of drug-likeness (QED) is 0.166. The van der Waals surface area contributed by atoms with Gasteiger partial charge in [-0.2, -0.15) is 22.0 Å². The second-order valence-corrected chi connectivity index (χ2v) is 15.3. The molecule has 1 saturated heterocycles. The van der Waals surface area contributed by atoms with Crippen LogP contribution in [0, 0.1) is 23.2 Å². The van der Waals surface area contributed by atoms with E-state index < -0.39 is 35.7 Å². The number of halogens is 6. The third-order valence-electron chi connectivity index (χ3n) is 12.6. The Morgan fingerprint density at radius 2 is 1.64 bits per heavy atom. The van der Waals surface area contributed by atoms with Gasteiger partial charge in [0.1, 0.15) is 11.9 Å². The number of alkyl halides is 6. The Balaban J connectivity index is 1.09. The monoisotopic (exact) mass is 645 g/mol. The zero-order valence-electron chi connectivity index (χ0n) is 27.0. The van der Waals surface area contributed by atoms with Crippen molar-refractivity contribution in [3.8, 4) is 5.75 Å². The molecule has 2 saturated carbocycles. The van der Waals surface area contributed by atoms with E-state index in [1.165, 1.54) is 0 Å². The number of hydrogen-bond acceptors (Lipinski definition) is 3. The molecular formula is C36H53F6NO2. The minimum atomic E-state index is -5.46. The zero-order valence-corrected chi connectivity index (χ0v) is 27.0. The van der Waals surface area contributed by atoms with Crippen molar-refractivity contribution in [3.63, 3.8) is 0 Å². The van der Waals surface area contributed by atoms with E-state index in [2.05, 4.69) is 11.8 Å². The van der Waals surface area contributed by atoms with Crippen LogP contribution in [-0.2, 0) is 6.42 Å². The van der Waals surface area contributed by atoms with Crippen molar-refractivity contribution >= 4 is 0 Å². The standard InChI is InChI=1S/C36H53F6NO2/c1-33-23-30(37)32-28-15-14-27(44)22-25(28)21-24(31(32)29(33)16-18-34(33,2)45)11-6-5-9-19-43-20-10-13-26(43)12-7-3-4-8-17-35(38,39)36(40,41)42/h14-15,22,24,26,29-32,44-45H,3-13,16-21,23H2,1-2H3/t24?,26-,29+,30+,31+,32+,33+,34+/m1/s1. The number of likely N-dealkylation sites (tertiary alicyclic amines) is 1. The Bertz CT molecular complexity index is 1140. The fourth-order valence-corrected chi connectivity index (χ4v) is 9.92. The van der Waals surface area contributed by atoms with Gasteiger partial charge in [-0.3, -0.25) is 0 Å². The topological polar surface area (TPSA) is 43.7 Å². The lowest BCUT2D eigenvalue weighted by Gasteiger charge is -2.56. The molecule has 5 rings (SSSR count). The number of fused-ring (bicyclic) bond motifs is 5. The first-order chi connectivity index (χ1) is 21.1. The number of unbranched alkanes of at least 4 members (excludes halogenated alkanes) is 5. The maximum absolute atomic E-state index is 16.1. The van der Waals surface area contributed by atoms with Crippen LogP contribution < -0.4 is 0 Å². The molecule has 3 aliphatic carbocycles. The molecular weight excluding hydrogens is 592 g/mol. The van der Waals surface area contributed by atoms with Crippen LogP contribution in [0.2, 0.25) is 0 Å². The van der Waals surface area contributed by atoms with Crippen LogP contribution in [0.25, 0.3) is 0 Å². The average Bonchev–Trinajstić information content (AvgIpc) is 3.49. The molecule has 0 bridgehead atoms. The summed E-state index contributed by atoms with van der Waals surface area (Å²) in [5.74, 6) is -3.76. The maximum atomic E-state index is 16.1. The SMILES string of the molecule is C[C@]1(O)CC[C@H]2[C@@H]3C(CCCCCN4CCC[C@H]4CCCCCCC(F)(F)C(F)(F)F)Cc4cc(O)ccc4[C@H]3[C@@H](F)C[C@@]21C. The maximum Gasteiger partial charge on any atom is 0.453 e. The molecule has 0 spiro atoms.